The van der Waals surface area contributed by atoms with Crippen molar-refractivity contribution >= 4 is 23.1 Å². The van der Waals surface area contributed by atoms with E-state index in [1.54, 1.807) is 42.5 Å². The van der Waals surface area contributed by atoms with Crippen molar-refractivity contribution in [3.63, 3.8) is 0 Å². The quantitative estimate of drug-likeness (QED) is 0.275. The maximum atomic E-state index is 13.6. The monoisotopic (exact) mass is 475 g/mol. The van der Waals surface area contributed by atoms with Gasteiger partial charge in [-0.3, -0.25) is 14.5 Å². The van der Waals surface area contributed by atoms with Crippen LogP contribution in [-0.2, 0) is 9.59 Å². The molecule has 3 aromatic rings. The molecule has 0 aromatic heterocycles. The Morgan fingerprint density at radius 1 is 1.03 bits per heavy atom. The van der Waals surface area contributed by atoms with Crippen LogP contribution < -0.4 is 14.4 Å². The minimum absolute atomic E-state index is 0.0499. The first-order chi connectivity index (χ1) is 16.8. The van der Waals surface area contributed by atoms with Gasteiger partial charge < -0.3 is 14.6 Å². The summed E-state index contributed by atoms with van der Waals surface area (Å²) in [5.41, 5.74) is 2.06. The standard InChI is InChI=1S/C28H26FNO5/c1-4-15-35-23-14-7-19(16-17(23)2)26(31)24-25(18-5-12-22(34-3)13-6-18)30(28(33)27(24)32)21-10-8-20(29)9-11-21/h5-14,16,25,31H,4,15H2,1-3H3/b26-24-. The number of carbonyl (C=O) groups is 2. The van der Waals surface area contributed by atoms with E-state index in [1.165, 1.54) is 36.3 Å². The number of aliphatic hydroxyl groups is 1. The molecule has 1 fully saturated rings. The normalized spacial score (nSPS) is 17.0. The SMILES string of the molecule is CCCOc1ccc(/C(O)=C2/C(=O)C(=O)N(c3ccc(F)cc3)C2c2ccc(OC)cc2)cc1C. The first kappa shape index (κ1) is 24.0. The third-order valence-corrected chi connectivity index (χ3v) is 5.89. The predicted octanol–water partition coefficient (Wildman–Crippen LogP) is 5.56. The summed E-state index contributed by atoms with van der Waals surface area (Å²) in [5, 5.41) is 11.3. The van der Waals surface area contributed by atoms with Gasteiger partial charge in [0.25, 0.3) is 11.7 Å². The molecule has 4 rings (SSSR count). The lowest BCUT2D eigenvalue weighted by molar-refractivity contribution is -0.132. The molecule has 6 nitrogen and oxygen atoms in total. The van der Waals surface area contributed by atoms with Crippen molar-refractivity contribution in [1.82, 2.24) is 0 Å². The topological polar surface area (TPSA) is 76.1 Å². The largest absolute Gasteiger partial charge is 0.507 e. The van der Waals surface area contributed by atoms with Crippen LogP contribution in [0.25, 0.3) is 5.76 Å². The number of benzene rings is 3. The second-order valence-corrected chi connectivity index (χ2v) is 8.25. The van der Waals surface area contributed by atoms with Crippen molar-refractivity contribution < 1.29 is 28.6 Å². The highest BCUT2D eigenvalue weighted by Crippen LogP contribution is 2.42. The van der Waals surface area contributed by atoms with Crippen LogP contribution in [0.1, 0.15) is 36.1 Å². The molecule has 180 valence electrons. The van der Waals surface area contributed by atoms with Crippen LogP contribution in [0.5, 0.6) is 11.5 Å². The van der Waals surface area contributed by atoms with E-state index in [4.69, 9.17) is 9.47 Å². The number of nitrogens with zero attached hydrogens (tertiary/aromatic N) is 1. The molecule has 1 aliphatic rings. The number of hydrogen-bond acceptors (Lipinski definition) is 5. The average molecular weight is 476 g/mol. The number of halogens is 1. The third-order valence-electron chi connectivity index (χ3n) is 5.89. The summed E-state index contributed by atoms with van der Waals surface area (Å²) in [4.78, 5) is 27.7. The Morgan fingerprint density at radius 2 is 1.71 bits per heavy atom. The molecule has 7 heteroatoms. The van der Waals surface area contributed by atoms with E-state index < -0.39 is 23.5 Å². The molecule has 35 heavy (non-hydrogen) atoms. The Bertz CT molecular complexity index is 1280. The van der Waals surface area contributed by atoms with Crippen molar-refractivity contribution in [2.45, 2.75) is 26.3 Å². The number of methoxy groups -OCH3 is 1. The second kappa shape index (κ2) is 10.0. The van der Waals surface area contributed by atoms with Crippen LogP contribution in [-0.4, -0.2) is 30.5 Å². The molecule has 3 aromatic carbocycles. The smallest absolute Gasteiger partial charge is 0.300 e. The number of aryl methyl sites for hydroxylation is 1. The molecule has 0 radical (unpaired) electrons. The lowest BCUT2D eigenvalue weighted by Gasteiger charge is -2.25. The summed E-state index contributed by atoms with van der Waals surface area (Å²) in [7, 11) is 1.54. The number of anilines is 1. The highest BCUT2D eigenvalue weighted by atomic mass is 19.1. The molecular formula is C28H26FNO5. The maximum Gasteiger partial charge on any atom is 0.300 e. The minimum Gasteiger partial charge on any atom is -0.507 e. The van der Waals surface area contributed by atoms with Gasteiger partial charge in [0.15, 0.2) is 0 Å². The van der Waals surface area contributed by atoms with Gasteiger partial charge in [0.05, 0.1) is 25.3 Å². The van der Waals surface area contributed by atoms with Gasteiger partial charge in [0.1, 0.15) is 23.1 Å². The summed E-state index contributed by atoms with van der Waals surface area (Å²) < 4.78 is 24.5. The fraction of sp³-hybridized carbons (Fsp3) is 0.214. The zero-order chi connectivity index (χ0) is 25.1. The molecule has 0 spiro atoms. The van der Waals surface area contributed by atoms with Gasteiger partial charge in [-0.2, -0.15) is 0 Å². The van der Waals surface area contributed by atoms with E-state index in [2.05, 4.69) is 0 Å². The predicted molar refractivity (Wildman–Crippen MR) is 131 cm³/mol. The van der Waals surface area contributed by atoms with Crippen molar-refractivity contribution in [1.29, 1.82) is 0 Å². The number of ether oxygens (including phenoxy) is 2. The molecule has 1 unspecified atom stereocenters. The number of Topliss-reactive ketones (excluding diaryl/α,β-unsaturated/α-hetero) is 1. The maximum absolute atomic E-state index is 13.6. The van der Waals surface area contributed by atoms with Crippen LogP contribution in [0.3, 0.4) is 0 Å². The zero-order valence-electron chi connectivity index (χ0n) is 19.7. The van der Waals surface area contributed by atoms with Crippen molar-refractivity contribution in [2.24, 2.45) is 0 Å². The van der Waals surface area contributed by atoms with E-state index in [1.807, 2.05) is 13.8 Å². The van der Waals surface area contributed by atoms with Crippen molar-refractivity contribution in [3.8, 4) is 11.5 Å². The fourth-order valence-corrected chi connectivity index (χ4v) is 4.13. The fourth-order valence-electron chi connectivity index (χ4n) is 4.13. The zero-order valence-corrected chi connectivity index (χ0v) is 19.7. The lowest BCUT2D eigenvalue weighted by Crippen LogP contribution is -2.29. The number of rotatable bonds is 7. The molecule has 0 aliphatic carbocycles. The van der Waals surface area contributed by atoms with Crippen LogP contribution in [0, 0.1) is 12.7 Å². The Labute approximate surface area is 203 Å². The van der Waals surface area contributed by atoms with E-state index in [9.17, 15) is 19.1 Å². The van der Waals surface area contributed by atoms with E-state index in [0.717, 1.165) is 12.0 Å². The van der Waals surface area contributed by atoms with Crippen LogP contribution in [0.2, 0.25) is 0 Å². The summed E-state index contributed by atoms with van der Waals surface area (Å²) in [6.07, 6.45) is 0.857. The molecule has 1 atom stereocenters. The van der Waals surface area contributed by atoms with Gasteiger partial charge in [0.2, 0.25) is 0 Å². The highest BCUT2D eigenvalue weighted by Gasteiger charge is 2.47. The van der Waals surface area contributed by atoms with Gasteiger partial charge >= 0.3 is 0 Å². The van der Waals surface area contributed by atoms with Crippen LogP contribution >= 0.6 is 0 Å². The molecule has 1 saturated heterocycles. The van der Waals surface area contributed by atoms with Crippen LogP contribution in [0.4, 0.5) is 10.1 Å². The summed E-state index contributed by atoms with van der Waals surface area (Å²) in [6.45, 7) is 4.42. The molecule has 1 aliphatic heterocycles. The van der Waals surface area contributed by atoms with Gasteiger partial charge in [-0.05, 0) is 79.1 Å². The number of amides is 1. The minimum atomic E-state index is -0.914. The molecule has 0 saturated carbocycles. The Hall–Kier alpha value is -4.13. The second-order valence-electron chi connectivity index (χ2n) is 8.25. The van der Waals surface area contributed by atoms with Crippen molar-refractivity contribution in [2.75, 3.05) is 18.6 Å². The summed E-state index contributed by atoms with van der Waals surface area (Å²) >= 11 is 0. The molecule has 1 N–H and O–H groups in total. The van der Waals surface area contributed by atoms with Gasteiger partial charge in [0, 0.05) is 11.3 Å². The Kier molecular flexibility index (Phi) is 6.87. The number of aliphatic hydroxyl groups excluding tert-OH is 1. The number of carbonyl (C=O) groups excluding carboxylic acids is 2. The summed E-state index contributed by atoms with van der Waals surface area (Å²) in [5.74, 6) is -1.10. The van der Waals surface area contributed by atoms with Crippen LogP contribution in [0.15, 0.2) is 72.3 Å². The van der Waals surface area contributed by atoms with Crippen molar-refractivity contribution in [3.05, 3.63) is 94.8 Å². The Morgan fingerprint density at radius 3 is 2.31 bits per heavy atom. The number of hydrogen-bond donors (Lipinski definition) is 1. The van der Waals surface area contributed by atoms with Gasteiger partial charge in [-0.25, -0.2) is 4.39 Å². The Balaban J connectivity index is 1.86. The van der Waals surface area contributed by atoms with E-state index in [-0.39, 0.29) is 11.3 Å². The lowest BCUT2D eigenvalue weighted by atomic mass is 9.94. The number of ketones is 1. The molecular weight excluding hydrogens is 449 g/mol. The first-order valence-electron chi connectivity index (χ1n) is 11.3. The highest BCUT2D eigenvalue weighted by molar-refractivity contribution is 6.51. The average Bonchev–Trinajstić information content (AvgIpc) is 3.13. The summed E-state index contributed by atoms with van der Waals surface area (Å²) in [6, 6.07) is 16.4. The first-order valence-corrected chi connectivity index (χ1v) is 11.3. The molecule has 1 amide bonds. The van der Waals surface area contributed by atoms with Gasteiger partial charge in [-0.1, -0.05) is 19.1 Å². The van der Waals surface area contributed by atoms with Gasteiger partial charge in [-0.15, -0.1) is 0 Å². The third kappa shape index (κ3) is 4.62. The van der Waals surface area contributed by atoms with E-state index in [0.29, 0.717) is 34.9 Å². The molecule has 0 bridgehead atoms. The molecule has 1 heterocycles. The van der Waals surface area contributed by atoms with E-state index >= 15 is 0 Å².